The van der Waals surface area contributed by atoms with Crippen LogP contribution in [0.3, 0.4) is 0 Å². The fraction of sp³-hybridized carbons (Fsp3) is 0.750. The fourth-order valence-corrected chi connectivity index (χ4v) is 2.61. The predicted octanol–water partition coefficient (Wildman–Crippen LogP) is -1.72. The highest BCUT2D eigenvalue weighted by atomic mass is 16.2. The summed E-state index contributed by atoms with van der Waals surface area (Å²) < 4.78 is 0. The zero-order chi connectivity index (χ0) is 24.3. The standard InChI is InChI=1S/C20H38N6O5/c1-15(2)10-22(3)17(28)12-24(5)19(30)14-26(7)20(31)13-25(6)18(29)11-23(4)16(27)8-9-21/h15H,8-14,21H2,1-7H3. The Morgan fingerprint density at radius 1 is 0.581 bits per heavy atom. The second-order valence-corrected chi connectivity index (χ2v) is 8.21. The molecule has 0 aromatic carbocycles. The lowest BCUT2D eigenvalue weighted by Gasteiger charge is -2.26. The van der Waals surface area contributed by atoms with Crippen molar-refractivity contribution in [3.05, 3.63) is 0 Å². The SMILES string of the molecule is CC(C)CN(C)C(=O)CN(C)C(=O)CN(C)C(=O)CN(C)C(=O)CN(C)C(=O)CCN. The maximum Gasteiger partial charge on any atom is 0.242 e. The zero-order valence-corrected chi connectivity index (χ0v) is 19.9. The Balaban J connectivity index is 4.60. The van der Waals surface area contributed by atoms with E-state index in [4.69, 9.17) is 5.73 Å². The molecule has 0 saturated heterocycles. The van der Waals surface area contributed by atoms with E-state index in [1.807, 2.05) is 13.8 Å². The van der Waals surface area contributed by atoms with Crippen molar-refractivity contribution in [3.8, 4) is 0 Å². The Kier molecular flexibility index (Phi) is 12.4. The molecule has 0 radical (unpaired) electrons. The Hall–Kier alpha value is -2.69. The summed E-state index contributed by atoms with van der Waals surface area (Å²) in [6.07, 6.45) is 0.139. The number of rotatable bonds is 12. The summed E-state index contributed by atoms with van der Waals surface area (Å²) in [6, 6.07) is 0. The van der Waals surface area contributed by atoms with E-state index in [1.165, 1.54) is 47.8 Å². The van der Waals surface area contributed by atoms with Crippen LogP contribution in [0, 0.1) is 5.92 Å². The molecule has 0 aromatic heterocycles. The van der Waals surface area contributed by atoms with Crippen LogP contribution in [0.1, 0.15) is 20.3 Å². The van der Waals surface area contributed by atoms with Crippen molar-refractivity contribution >= 4 is 29.5 Å². The van der Waals surface area contributed by atoms with Crippen LogP contribution in [0.5, 0.6) is 0 Å². The molecular weight excluding hydrogens is 404 g/mol. The highest BCUT2D eigenvalue weighted by Gasteiger charge is 2.22. The molecule has 11 heteroatoms. The first-order chi connectivity index (χ1) is 14.3. The lowest BCUT2D eigenvalue weighted by atomic mass is 10.2. The molecule has 0 aliphatic heterocycles. The predicted molar refractivity (Wildman–Crippen MR) is 117 cm³/mol. The summed E-state index contributed by atoms with van der Waals surface area (Å²) in [5.41, 5.74) is 5.33. The molecule has 0 spiro atoms. The van der Waals surface area contributed by atoms with Crippen molar-refractivity contribution in [1.29, 1.82) is 0 Å². The van der Waals surface area contributed by atoms with Gasteiger partial charge in [0.15, 0.2) is 0 Å². The number of amides is 5. The average Bonchev–Trinajstić information content (AvgIpc) is 2.66. The highest BCUT2D eigenvalue weighted by Crippen LogP contribution is 1.99. The first-order valence-corrected chi connectivity index (χ1v) is 10.2. The molecule has 31 heavy (non-hydrogen) atoms. The van der Waals surface area contributed by atoms with Crippen LogP contribution >= 0.6 is 0 Å². The van der Waals surface area contributed by atoms with E-state index >= 15 is 0 Å². The Labute approximate surface area is 185 Å². The van der Waals surface area contributed by atoms with Gasteiger partial charge in [0.05, 0.1) is 26.2 Å². The third-order valence-corrected chi connectivity index (χ3v) is 4.62. The molecule has 0 rings (SSSR count). The van der Waals surface area contributed by atoms with Crippen LogP contribution < -0.4 is 5.73 Å². The van der Waals surface area contributed by atoms with Crippen molar-refractivity contribution in [3.63, 3.8) is 0 Å². The summed E-state index contributed by atoms with van der Waals surface area (Å²) in [5.74, 6) is -1.35. The van der Waals surface area contributed by atoms with Gasteiger partial charge in [0.25, 0.3) is 0 Å². The number of likely N-dealkylation sites (N-methyl/N-ethyl adjacent to an activating group) is 5. The molecule has 178 valence electrons. The van der Waals surface area contributed by atoms with Crippen molar-refractivity contribution in [1.82, 2.24) is 24.5 Å². The lowest BCUT2D eigenvalue weighted by Crippen LogP contribution is -2.47. The topological polar surface area (TPSA) is 128 Å². The third-order valence-electron chi connectivity index (χ3n) is 4.62. The maximum atomic E-state index is 12.4. The molecule has 5 amide bonds. The van der Waals surface area contributed by atoms with Crippen molar-refractivity contribution < 1.29 is 24.0 Å². The van der Waals surface area contributed by atoms with Gasteiger partial charge in [-0.3, -0.25) is 24.0 Å². The molecule has 0 fully saturated rings. The maximum absolute atomic E-state index is 12.4. The third kappa shape index (κ3) is 10.8. The summed E-state index contributed by atoms with van der Waals surface area (Å²) in [6.45, 7) is 4.08. The van der Waals surface area contributed by atoms with Crippen LogP contribution in [0.2, 0.25) is 0 Å². The van der Waals surface area contributed by atoms with E-state index in [-0.39, 0.29) is 56.9 Å². The fourth-order valence-electron chi connectivity index (χ4n) is 2.61. The van der Waals surface area contributed by atoms with Crippen LogP contribution in [0.25, 0.3) is 0 Å². The number of nitrogens with two attached hydrogens (primary N) is 1. The lowest BCUT2D eigenvalue weighted by molar-refractivity contribution is -0.144. The van der Waals surface area contributed by atoms with Crippen LogP contribution in [0.4, 0.5) is 0 Å². The number of carbonyl (C=O) groups excluding carboxylic acids is 5. The minimum Gasteiger partial charge on any atom is -0.344 e. The average molecular weight is 443 g/mol. The smallest absolute Gasteiger partial charge is 0.242 e. The number of nitrogens with zero attached hydrogens (tertiary/aromatic N) is 5. The van der Waals surface area contributed by atoms with Crippen molar-refractivity contribution in [2.75, 3.05) is 74.5 Å². The van der Waals surface area contributed by atoms with E-state index in [9.17, 15) is 24.0 Å². The number of carbonyl (C=O) groups is 5. The molecular formula is C20H38N6O5. The minimum absolute atomic E-state index is 0.0777. The second kappa shape index (κ2) is 13.6. The molecule has 0 bridgehead atoms. The number of hydrogen-bond donors (Lipinski definition) is 1. The zero-order valence-electron chi connectivity index (χ0n) is 19.9. The Morgan fingerprint density at radius 3 is 1.16 bits per heavy atom. The van der Waals surface area contributed by atoms with E-state index in [0.29, 0.717) is 12.5 Å². The molecule has 0 aliphatic carbocycles. The van der Waals surface area contributed by atoms with Gasteiger partial charge in [0.2, 0.25) is 29.5 Å². The molecule has 0 atom stereocenters. The van der Waals surface area contributed by atoms with Crippen LogP contribution in [0.15, 0.2) is 0 Å². The largest absolute Gasteiger partial charge is 0.344 e. The van der Waals surface area contributed by atoms with Gasteiger partial charge in [0, 0.05) is 54.7 Å². The van der Waals surface area contributed by atoms with E-state index in [0.717, 1.165) is 0 Å². The molecule has 11 nitrogen and oxygen atoms in total. The van der Waals surface area contributed by atoms with Gasteiger partial charge >= 0.3 is 0 Å². The van der Waals surface area contributed by atoms with Gasteiger partial charge < -0.3 is 30.2 Å². The highest BCUT2D eigenvalue weighted by molar-refractivity contribution is 5.91. The Bertz CT molecular complexity index is 654. The van der Waals surface area contributed by atoms with Crippen LogP contribution in [-0.4, -0.2) is 129 Å². The van der Waals surface area contributed by atoms with Crippen molar-refractivity contribution in [2.24, 2.45) is 11.7 Å². The van der Waals surface area contributed by atoms with Gasteiger partial charge in [-0.1, -0.05) is 13.8 Å². The number of hydrogen-bond acceptors (Lipinski definition) is 6. The van der Waals surface area contributed by atoms with Gasteiger partial charge in [-0.25, -0.2) is 0 Å². The van der Waals surface area contributed by atoms with Gasteiger partial charge in [-0.05, 0) is 5.92 Å². The monoisotopic (exact) mass is 442 g/mol. The summed E-state index contributed by atoms with van der Waals surface area (Å²) in [5, 5.41) is 0. The Morgan fingerprint density at radius 2 is 0.871 bits per heavy atom. The molecule has 0 aliphatic rings. The summed E-state index contributed by atoms with van der Waals surface area (Å²) in [7, 11) is 7.59. The van der Waals surface area contributed by atoms with Gasteiger partial charge in [0.1, 0.15) is 0 Å². The quantitative estimate of drug-likeness (QED) is 0.383. The van der Waals surface area contributed by atoms with E-state index in [2.05, 4.69) is 0 Å². The van der Waals surface area contributed by atoms with Gasteiger partial charge in [-0.15, -0.1) is 0 Å². The second-order valence-electron chi connectivity index (χ2n) is 8.21. The van der Waals surface area contributed by atoms with Crippen LogP contribution in [-0.2, 0) is 24.0 Å². The first-order valence-electron chi connectivity index (χ1n) is 10.2. The first kappa shape index (κ1) is 28.3. The van der Waals surface area contributed by atoms with E-state index < -0.39 is 11.8 Å². The van der Waals surface area contributed by atoms with E-state index in [1.54, 1.807) is 11.9 Å². The molecule has 0 aromatic rings. The molecule has 0 heterocycles. The summed E-state index contributed by atoms with van der Waals surface area (Å²) >= 11 is 0. The minimum atomic E-state index is -0.434. The molecule has 0 saturated carbocycles. The molecule has 0 unspecified atom stereocenters. The van der Waals surface area contributed by atoms with Gasteiger partial charge in [-0.2, -0.15) is 0 Å². The molecule has 2 N–H and O–H groups in total. The van der Waals surface area contributed by atoms with Crippen molar-refractivity contribution in [2.45, 2.75) is 20.3 Å². The summed E-state index contributed by atoms with van der Waals surface area (Å²) in [4.78, 5) is 67.4. The normalized spacial score (nSPS) is 10.5.